The van der Waals surface area contributed by atoms with Crippen LogP contribution >= 0.6 is 46.9 Å². The molecule has 0 radical (unpaired) electrons. The molecule has 2 aromatic carbocycles. The Morgan fingerprint density at radius 3 is 2.55 bits per heavy atom. The predicted molar refractivity (Wildman–Crippen MR) is 146 cm³/mol. The van der Waals surface area contributed by atoms with Gasteiger partial charge in [-0.3, -0.25) is 18.6 Å². The minimum absolute atomic E-state index is 0.00899. The lowest BCUT2D eigenvalue weighted by atomic mass is 10.0. The summed E-state index contributed by atoms with van der Waals surface area (Å²) in [6, 6.07) is 6.01. The molecule has 0 saturated heterocycles. The summed E-state index contributed by atoms with van der Waals surface area (Å²) in [5, 5.41) is 2.69. The van der Waals surface area contributed by atoms with E-state index in [4.69, 9.17) is 39.5 Å². The molecule has 4 rings (SSSR count). The molecule has 2 aliphatic heterocycles. The van der Waals surface area contributed by atoms with E-state index in [1.165, 1.54) is 60.8 Å². The second-order valence-electron chi connectivity index (χ2n) is 7.66. The number of esters is 1. The number of carbonyl (C=O) groups is 3. The third-order valence-corrected chi connectivity index (χ3v) is 8.37. The molecule has 1 amide bonds. The number of ether oxygens (including phenoxy) is 1. The van der Waals surface area contributed by atoms with Gasteiger partial charge in [0.2, 0.25) is 0 Å². The first-order chi connectivity index (χ1) is 18.0. The Balaban J connectivity index is 1.64. The summed E-state index contributed by atoms with van der Waals surface area (Å²) in [5.41, 5.74) is -0.0198. The number of anilines is 1. The minimum Gasteiger partial charge on any atom is -0.467 e. The van der Waals surface area contributed by atoms with Gasteiger partial charge in [0, 0.05) is 23.0 Å². The number of ketones is 1. The summed E-state index contributed by atoms with van der Waals surface area (Å²) in [7, 11) is -3.16. The van der Waals surface area contributed by atoms with E-state index >= 15 is 0 Å². The van der Waals surface area contributed by atoms with Gasteiger partial charge in [-0.05, 0) is 48.6 Å². The van der Waals surface area contributed by atoms with Crippen LogP contribution in [0.25, 0.3) is 0 Å². The SMILES string of the molecule is COC(=O)C(NC(=O)c1ccc(Cl)cc1NS(=O)(=O)C1=CC=CN2SNC=C12)C(=O)c1ccc(Cl)c(Cl)c1. The van der Waals surface area contributed by atoms with Gasteiger partial charge in [-0.1, -0.05) is 34.8 Å². The smallest absolute Gasteiger partial charge is 0.336 e. The third kappa shape index (κ3) is 5.79. The highest BCUT2D eigenvalue weighted by Gasteiger charge is 2.33. The summed E-state index contributed by atoms with van der Waals surface area (Å²) in [6.07, 6.45) is 6.13. The molecule has 0 aromatic heterocycles. The Morgan fingerprint density at radius 1 is 1.08 bits per heavy atom. The van der Waals surface area contributed by atoms with Gasteiger partial charge < -0.3 is 14.8 Å². The maximum atomic E-state index is 13.3. The molecule has 0 fully saturated rings. The molecule has 198 valence electrons. The van der Waals surface area contributed by atoms with E-state index in [1.807, 2.05) is 0 Å². The van der Waals surface area contributed by atoms with Crippen molar-refractivity contribution in [3.63, 3.8) is 0 Å². The van der Waals surface area contributed by atoms with Gasteiger partial charge in [0.1, 0.15) is 4.91 Å². The van der Waals surface area contributed by atoms with E-state index < -0.39 is 33.7 Å². The molecule has 15 heteroatoms. The first-order valence-electron chi connectivity index (χ1n) is 10.5. The Kier molecular flexibility index (Phi) is 8.28. The van der Waals surface area contributed by atoms with Crippen LogP contribution in [0, 0.1) is 0 Å². The summed E-state index contributed by atoms with van der Waals surface area (Å²) in [4.78, 5) is 38.7. The number of allylic oxidation sites excluding steroid dienone is 2. The quantitative estimate of drug-likeness (QED) is 0.172. The van der Waals surface area contributed by atoms with Gasteiger partial charge in [-0.25, -0.2) is 13.2 Å². The second kappa shape index (κ2) is 11.3. The predicted octanol–water partition coefficient (Wildman–Crippen LogP) is 4.26. The van der Waals surface area contributed by atoms with Gasteiger partial charge in [-0.2, -0.15) is 0 Å². The molecular formula is C23H17Cl3N4O6S2. The number of nitrogens with zero attached hydrogens (tertiary/aromatic N) is 1. The molecule has 0 saturated carbocycles. The maximum Gasteiger partial charge on any atom is 0.336 e. The first-order valence-corrected chi connectivity index (χ1v) is 13.9. The average molecular weight is 616 g/mol. The van der Waals surface area contributed by atoms with Crippen LogP contribution in [0.15, 0.2) is 71.6 Å². The normalized spacial score (nSPS) is 15.0. The number of benzene rings is 2. The molecule has 2 aromatic rings. The lowest BCUT2D eigenvalue weighted by molar-refractivity contribution is -0.141. The number of carbonyl (C=O) groups excluding carboxylic acids is 3. The van der Waals surface area contributed by atoms with E-state index in [-0.39, 0.29) is 36.8 Å². The first kappa shape index (κ1) is 27.9. The fraction of sp³-hybridized carbons (Fsp3) is 0.0870. The van der Waals surface area contributed by atoms with E-state index in [1.54, 1.807) is 16.6 Å². The molecule has 3 N–H and O–H groups in total. The van der Waals surface area contributed by atoms with Crippen LogP contribution < -0.4 is 14.8 Å². The molecule has 1 unspecified atom stereocenters. The molecular weight excluding hydrogens is 599 g/mol. The van der Waals surface area contributed by atoms with Crippen LogP contribution in [0.4, 0.5) is 5.69 Å². The molecule has 2 aliphatic rings. The van der Waals surface area contributed by atoms with Crippen molar-refractivity contribution in [2.75, 3.05) is 11.8 Å². The molecule has 0 spiro atoms. The molecule has 1 atom stereocenters. The zero-order chi connectivity index (χ0) is 27.6. The van der Waals surface area contributed by atoms with Crippen LogP contribution in [0.1, 0.15) is 20.7 Å². The number of sulfonamides is 1. The average Bonchev–Trinajstić information content (AvgIpc) is 3.36. The Labute approximate surface area is 236 Å². The van der Waals surface area contributed by atoms with Gasteiger partial charge >= 0.3 is 5.97 Å². The van der Waals surface area contributed by atoms with Gasteiger partial charge in [0.15, 0.2) is 11.8 Å². The third-order valence-electron chi connectivity index (χ3n) is 5.24. The van der Waals surface area contributed by atoms with E-state index in [2.05, 4.69) is 14.8 Å². The van der Waals surface area contributed by atoms with Gasteiger partial charge in [0.25, 0.3) is 15.9 Å². The zero-order valence-corrected chi connectivity index (χ0v) is 23.1. The number of fused-ring (bicyclic) bond motifs is 1. The number of methoxy groups -OCH3 is 1. The Hall–Kier alpha value is -3.16. The van der Waals surface area contributed by atoms with E-state index in [0.29, 0.717) is 5.70 Å². The second-order valence-corrected chi connectivity index (χ2v) is 11.4. The van der Waals surface area contributed by atoms with E-state index in [9.17, 15) is 22.8 Å². The van der Waals surface area contributed by atoms with Gasteiger partial charge in [-0.15, -0.1) is 0 Å². The van der Waals surface area contributed by atoms with Crippen molar-refractivity contribution >= 4 is 80.3 Å². The number of rotatable bonds is 8. The maximum absolute atomic E-state index is 13.3. The molecule has 2 heterocycles. The Bertz CT molecular complexity index is 1540. The zero-order valence-electron chi connectivity index (χ0n) is 19.2. The topological polar surface area (TPSA) is 134 Å². The van der Waals surface area contributed by atoms with Crippen molar-refractivity contribution in [3.05, 3.63) is 97.7 Å². The van der Waals surface area contributed by atoms with Crippen molar-refractivity contribution in [1.29, 1.82) is 0 Å². The van der Waals surface area contributed by atoms with Crippen molar-refractivity contribution in [2.45, 2.75) is 6.04 Å². The number of hydrogen-bond acceptors (Lipinski definition) is 9. The standard InChI is InChI=1S/C23H17Cl3N4O6S2/c1-36-23(33)20(21(31)12-4-7-15(25)16(26)9-12)28-22(32)14-6-5-13(24)10-17(14)29-38(34,35)19-3-2-8-30-18(19)11-27-37-30/h2-11,20,27,29H,1H3,(H,28,32). The van der Waals surface area contributed by atoms with Crippen molar-refractivity contribution in [2.24, 2.45) is 0 Å². The fourth-order valence-electron chi connectivity index (χ4n) is 3.44. The number of halogens is 3. The largest absolute Gasteiger partial charge is 0.467 e. The minimum atomic E-state index is -4.21. The Morgan fingerprint density at radius 2 is 1.84 bits per heavy atom. The van der Waals surface area contributed by atoms with Crippen LogP contribution in [0.5, 0.6) is 0 Å². The summed E-state index contributed by atoms with van der Waals surface area (Å²) >= 11 is 19.1. The highest BCUT2D eigenvalue weighted by molar-refractivity contribution is 7.97. The van der Waals surface area contributed by atoms with Gasteiger partial charge in [0.05, 0.1) is 46.2 Å². The van der Waals surface area contributed by atoms with Crippen LogP contribution in [0.3, 0.4) is 0 Å². The lowest BCUT2D eigenvalue weighted by Crippen LogP contribution is -2.47. The fourth-order valence-corrected chi connectivity index (χ4v) is 5.88. The molecule has 10 nitrogen and oxygen atoms in total. The van der Waals surface area contributed by atoms with Crippen molar-refractivity contribution < 1.29 is 27.5 Å². The summed E-state index contributed by atoms with van der Waals surface area (Å²) in [6.45, 7) is 0. The number of nitrogens with one attached hydrogen (secondary N) is 3. The summed E-state index contributed by atoms with van der Waals surface area (Å²) in [5.74, 6) is -2.82. The monoisotopic (exact) mass is 614 g/mol. The summed E-state index contributed by atoms with van der Waals surface area (Å²) < 4.78 is 38.1. The molecule has 0 aliphatic carbocycles. The van der Waals surface area contributed by atoms with Crippen LogP contribution in [-0.4, -0.2) is 43.5 Å². The van der Waals surface area contributed by atoms with Crippen LogP contribution in [0.2, 0.25) is 15.1 Å². The van der Waals surface area contributed by atoms with E-state index in [0.717, 1.165) is 7.11 Å². The lowest BCUT2D eigenvalue weighted by Gasteiger charge is -2.21. The highest BCUT2D eigenvalue weighted by atomic mass is 35.5. The van der Waals surface area contributed by atoms with Crippen molar-refractivity contribution in [1.82, 2.24) is 14.3 Å². The van der Waals surface area contributed by atoms with Crippen LogP contribution in [-0.2, 0) is 19.6 Å². The molecule has 0 bridgehead atoms. The molecule has 38 heavy (non-hydrogen) atoms. The number of amides is 1. The number of hydrogen-bond donors (Lipinski definition) is 3. The van der Waals surface area contributed by atoms with Crippen molar-refractivity contribution in [3.8, 4) is 0 Å². The highest BCUT2D eigenvalue weighted by Crippen LogP contribution is 2.34. The number of Topliss-reactive ketones (excluding diaryl/α,β-unsaturated/α-hetero) is 1.